The van der Waals surface area contributed by atoms with Gasteiger partial charge < -0.3 is 15.0 Å². The van der Waals surface area contributed by atoms with Gasteiger partial charge in [0.2, 0.25) is 5.95 Å². The van der Waals surface area contributed by atoms with Gasteiger partial charge in [-0.15, -0.1) is 0 Å². The minimum Gasteiger partial charge on any atom is -0.444 e. The molecule has 0 saturated carbocycles. The van der Waals surface area contributed by atoms with E-state index in [2.05, 4.69) is 15.3 Å². The molecule has 4 aromatic rings. The summed E-state index contributed by atoms with van der Waals surface area (Å²) in [6.07, 6.45) is 5.11. The molecule has 0 aliphatic carbocycles. The molecule has 0 bridgehead atoms. The van der Waals surface area contributed by atoms with E-state index in [1.807, 2.05) is 33.8 Å². The van der Waals surface area contributed by atoms with Crippen LogP contribution in [-0.4, -0.2) is 63.1 Å². The van der Waals surface area contributed by atoms with Crippen LogP contribution in [0, 0.1) is 11.3 Å². The molecule has 4 heterocycles. The number of likely N-dealkylation sites (tertiary alicyclic amines) is 1. The zero-order chi connectivity index (χ0) is 30.1. The molecular formula is C30H33N7O4S. The van der Waals surface area contributed by atoms with Gasteiger partial charge in [-0.25, -0.2) is 32.1 Å². The number of benzene rings is 1. The fraction of sp³-hybridized carbons (Fsp3) is 0.367. The Kier molecular flexibility index (Phi) is 7.88. The van der Waals surface area contributed by atoms with Crippen molar-refractivity contribution < 1.29 is 17.9 Å². The number of hydrogen-bond donors (Lipinski definition) is 1. The van der Waals surface area contributed by atoms with Gasteiger partial charge in [-0.3, -0.25) is 0 Å². The van der Waals surface area contributed by atoms with Gasteiger partial charge >= 0.3 is 6.09 Å². The van der Waals surface area contributed by atoms with E-state index in [0.29, 0.717) is 42.1 Å². The summed E-state index contributed by atoms with van der Waals surface area (Å²) in [5.74, 6) is 0.367. The van der Waals surface area contributed by atoms with E-state index in [0.717, 1.165) is 22.4 Å². The smallest absolute Gasteiger partial charge is 0.410 e. The molecule has 1 aromatic carbocycles. The van der Waals surface area contributed by atoms with Crippen molar-refractivity contribution in [2.75, 3.05) is 18.4 Å². The highest BCUT2D eigenvalue weighted by molar-refractivity contribution is 7.90. The maximum atomic E-state index is 13.7. The van der Waals surface area contributed by atoms with Gasteiger partial charge in [0.25, 0.3) is 10.0 Å². The lowest BCUT2D eigenvalue weighted by molar-refractivity contribution is 0.0206. The summed E-state index contributed by atoms with van der Waals surface area (Å²) in [6.45, 7) is 8.55. The Bertz CT molecular complexity index is 1770. The van der Waals surface area contributed by atoms with E-state index in [1.54, 1.807) is 41.4 Å². The molecule has 1 aliphatic heterocycles. The Morgan fingerprint density at radius 3 is 2.62 bits per heavy atom. The van der Waals surface area contributed by atoms with E-state index >= 15 is 0 Å². The molecule has 1 fully saturated rings. The first-order chi connectivity index (χ1) is 20.0. The van der Waals surface area contributed by atoms with Crippen LogP contribution in [0.15, 0.2) is 59.8 Å². The molecule has 1 amide bonds. The zero-order valence-electron chi connectivity index (χ0n) is 24.0. The third kappa shape index (κ3) is 5.92. The van der Waals surface area contributed by atoms with Crippen molar-refractivity contribution >= 4 is 33.1 Å². The van der Waals surface area contributed by atoms with Crippen molar-refractivity contribution in [1.82, 2.24) is 23.8 Å². The van der Waals surface area contributed by atoms with Crippen LogP contribution in [0.1, 0.15) is 51.8 Å². The van der Waals surface area contributed by atoms with E-state index in [4.69, 9.17) is 9.72 Å². The van der Waals surface area contributed by atoms with E-state index in [9.17, 15) is 18.5 Å². The maximum Gasteiger partial charge on any atom is 0.410 e. The molecular weight excluding hydrogens is 554 g/mol. The lowest BCUT2D eigenvalue weighted by Crippen LogP contribution is -2.47. The number of rotatable bonds is 6. The molecule has 12 heteroatoms. The Labute approximate surface area is 245 Å². The Balaban J connectivity index is 1.53. The Morgan fingerprint density at radius 1 is 1.17 bits per heavy atom. The number of fused-ring (bicyclic) bond motifs is 1. The molecule has 1 atom stereocenters. The van der Waals surface area contributed by atoms with Gasteiger partial charge in [0.15, 0.2) is 5.65 Å². The highest BCUT2D eigenvalue weighted by Crippen LogP contribution is 2.34. The fourth-order valence-corrected chi connectivity index (χ4v) is 6.29. The lowest BCUT2D eigenvalue weighted by Gasteiger charge is -2.34. The molecule has 42 heavy (non-hydrogen) atoms. The van der Waals surface area contributed by atoms with Gasteiger partial charge in [0, 0.05) is 42.5 Å². The standard InChI is InChI=1S/C30H33N7O4S/c1-5-20-17-32-28(34-22-10-9-15-36(18-22)29(38)41-30(2,3)4)35-26(20)25-19-37(27-24(25)14-13-21(16-31)33-27)42(39,40)23-11-7-6-8-12-23/h6-8,11-14,17,19,22H,5,9-10,15,18H2,1-4H3,(H,32,34,35)/t22-/m0/s1. The zero-order valence-corrected chi connectivity index (χ0v) is 24.9. The van der Waals surface area contributed by atoms with Crippen molar-refractivity contribution in [1.29, 1.82) is 5.26 Å². The molecule has 218 valence electrons. The second-order valence-corrected chi connectivity index (χ2v) is 13.0. The number of carbonyl (C=O) groups excluding carboxylic acids is 1. The average molecular weight is 588 g/mol. The third-order valence-electron chi connectivity index (χ3n) is 6.94. The summed E-state index contributed by atoms with van der Waals surface area (Å²) < 4.78 is 34.1. The number of pyridine rings is 1. The number of nitrogens with zero attached hydrogens (tertiary/aromatic N) is 6. The van der Waals surface area contributed by atoms with Crippen LogP contribution in [0.3, 0.4) is 0 Å². The number of aromatic nitrogens is 4. The van der Waals surface area contributed by atoms with Crippen molar-refractivity contribution in [3.63, 3.8) is 0 Å². The summed E-state index contributed by atoms with van der Waals surface area (Å²) in [5.41, 5.74) is 1.60. The Hall–Kier alpha value is -4.50. The first-order valence-corrected chi connectivity index (χ1v) is 15.3. The predicted molar refractivity (Wildman–Crippen MR) is 158 cm³/mol. The molecule has 0 spiro atoms. The van der Waals surface area contributed by atoms with Gasteiger partial charge in [0.1, 0.15) is 17.4 Å². The van der Waals surface area contributed by atoms with Gasteiger partial charge in [-0.05, 0) is 69.9 Å². The van der Waals surface area contributed by atoms with Crippen LogP contribution in [0.5, 0.6) is 0 Å². The number of nitriles is 1. The van der Waals surface area contributed by atoms with Crippen LogP contribution < -0.4 is 5.32 Å². The SMILES string of the molecule is CCc1cnc(N[C@H]2CCCN(C(=O)OC(C)(C)C)C2)nc1-c1cn(S(=O)(=O)c2ccccc2)c2nc(C#N)ccc12. The topological polar surface area (TPSA) is 143 Å². The molecule has 1 aliphatic rings. The third-order valence-corrected chi connectivity index (χ3v) is 8.61. The fourth-order valence-electron chi connectivity index (χ4n) is 4.95. The molecule has 0 unspecified atom stereocenters. The summed E-state index contributed by atoms with van der Waals surface area (Å²) in [6, 6.07) is 13.2. The second kappa shape index (κ2) is 11.4. The Morgan fingerprint density at radius 2 is 1.93 bits per heavy atom. The number of carbonyl (C=O) groups is 1. The van der Waals surface area contributed by atoms with Crippen LogP contribution in [-0.2, 0) is 21.2 Å². The number of ether oxygens (including phenoxy) is 1. The van der Waals surface area contributed by atoms with E-state index in [1.165, 1.54) is 18.3 Å². The number of anilines is 1. The predicted octanol–water partition coefficient (Wildman–Crippen LogP) is 4.98. The number of piperidine rings is 1. The largest absolute Gasteiger partial charge is 0.444 e. The van der Waals surface area contributed by atoms with Crippen LogP contribution in [0.2, 0.25) is 0 Å². The molecule has 1 N–H and O–H groups in total. The van der Waals surface area contributed by atoms with E-state index in [-0.39, 0.29) is 28.4 Å². The highest BCUT2D eigenvalue weighted by Gasteiger charge is 2.29. The molecule has 11 nitrogen and oxygen atoms in total. The van der Waals surface area contributed by atoms with Crippen molar-refractivity contribution in [2.24, 2.45) is 0 Å². The first-order valence-electron chi connectivity index (χ1n) is 13.8. The lowest BCUT2D eigenvalue weighted by atomic mass is 10.1. The molecule has 3 aromatic heterocycles. The summed E-state index contributed by atoms with van der Waals surface area (Å²) in [4.78, 5) is 28.2. The molecule has 5 rings (SSSR count). The van der Waals surface area contributed by atoms with Crippen molar-refractivity contribution in [2.45, 2.75) is 63.5 Å². The first kappa shape index (κ1) is 29.0. The van der Waals surface area contributed by atoms with Crippen molar-refractivity contribution in [3.05, 3.63) is 66.1 Å². The second-order valence-electron chi connectivity index (χ2n) is 11.2. The number of hydrogen-bond acceptors (Lipinski definition) is 9. The van der Waals surface area contributed by atoms with Crippen LogP contribution in [0.25, 0.3) is 22.3 Å². The highest BCUT2D eigenvalue weighted by atomic mass is 32.2. The van der Waals surface area contributed by atoms with E-state index < -0.39 is 15.6 Å². The van der Waals surface area contributed by atoms with Gasteiger partial charge in [0.05, 0.1) is 10.6 Å². The minimum absolute atomic E-state index is 0.0914. The average Bonchev–Trinajstić information content (AvgIpc) is 3.36. The maximum absolute atomic E-state index is 13.7. The summed E-state index contributed by atoms with van der Waals surface area (Å²) >= 11 is 0. The molecule has 0 radical (unpaired) electrons. The number of nitrogens with one attached hydrogen (secondary N) is 1. The van der Waals surface area contributed by atoms with Crippen LogP contribution >= 0.6 is 0 Å². The number of aryl methyl sites for hydroxylation is 1. The monoisotopic (exact) mass is 587 g/mol. The van der Waals surface area contributed by atoms with Gasteiger partial charge in [-0.1, -0.05) is 25.1 Å². The minimum atomic E-state index is -4.02. The van der Waals surface area contributed by atoms with Gasteiger partial charge in [-0.2, -0.15) is 5.26 Å². The summed E-state index contributed by atoms with van der Waals surface area (Å²) in [5, 5.41) is 13.4. The number of amides is 1. The summed E-state index contributed by atoms with van der Waals surface area (Å²) in [7, 11) is -4.02. The molecule has 1 saturated heterocycles. The van der Waals surface area contributed by atoms with Crippen molar-refractivity contribution in [3.8, 4) is 17.3 Å². The normalized spacial score (nSPS) is 15.8. The quantitative estimate of drug-likeness (QED) is 0.330. The van der Waals surface area contributed by atoms with Crippen LogP contribution in [0.4, 0.5) is 10.7 Å².